The number of nitrogens with zero attached hydrogens (tertiary/aromatic N) is 2. The van der Waals surface area contributed by atoms with Gasteiger partial charge in [0.15, 0.2) is 0 Å². The molecule has 1 aliphatic rings. The first-order valence-corrected chi connectivity index (χ1v) is 7.22. The predicted octanol–water partition coefficient (Wildman–Crippen LogP) is 1.79. The normalized spacial score (nSPS) is 21.6. The van der Waals surface area contributed by atoms with Crippen molar-refractivity contribution in [2.45, 2.75) is 19.4 Å². The summed E-state index contributed by atoms with van der Waals surface area (Å²) in [5.74, 6) is -0.0204. The molecule has 5 heteroatoms. The lowest BCUT2D eigenvalue weighted by molar-refractivity contribution is -0.123. The van der Waals surface area contributed by atoms with Crippen molar-refractivity contribution < 1.29 is 9.90 Å². The molecular formula is C14H19BrN2O2. The van der Waals surface area contributed by atoms with Gasteiger partial charge in [0.2, 0.25) is 5.91 Å². The minimum atomic E-state index is -0.439. The van der Waals surface area contributed by atoms with E-state index in [2.05, 4.69) is 15.9 Å². The van der Waals surface area contributed by atoms with Crippen LogP contribution >= 0.6 is 15.9 Å². The third-order valence-electron chi connectivity index (χ3n) is 3.60. The van der Waals surface area contributed by atoms with E-state index >= 15 is 0 Å². The van der Waals surface area contributed by atoms with E-state index in [-0.39, 0.29) is 12.5 Å². The molecule has 0 bridgehead atoms. The Labute approximate surface area is 122 Å². The number of aryl methyl sites for hydroxylation is 1. The second kappa shape index (κ2) is 6.03. The summed E-state index contributed by atoms with van der Waals surface area (Å²) in [6.07, 6.45) is 0.911. The average Bonchev–Trinajstić information content (AvgIpc) is 2.49. The van der Waals surface area contributed by atoms with Crippen molar-refractivity contribution in [1.29, 1.82) is 0 Å². The van der Waals surface area contributed by atoms with Crippen LogP contribution in [0.5, 0.6) is 0 Å². The monoisotopic (exact) mass is 326 g/mol. The zero-order valence-corrected chi connectivity index (χ0v) is 12.9. The second-order valence-corrected chi connectivity index (χ2v) is 5.87. The van der Waals surface area contributed by atoms with E-state index in [1.54, 1.807) is 4.90 Å². The molecule has 0 aromatic heterocycles. The maximum Gasteiger partial charge on any atom is 0.246 e. The molecule has 2 rings (SSSR count). The molecule has 0 radical (unpaired) electrons. The summed E-state index contributed by atoms with van der Waals surface area (Å²) in [7, 11) is 1.89. The Kier molecular flexibility index (Phi) is 4.60. The molecule has 19 heavy (non-hydrogen) atoms. The van der Waals surface area contributed by atoms with Gasteiger partial charge in [-0.15, -0.1) is 0 Å². The van der Waals surface area contributed by atoms with E-state index in [4.69, 9.17) is 0 Å². The highest BCUT2D eigenvalue weighted by Crippen LogP contribution is 2.26. The smallest absolute Gasteiger partial charge is 0.246 e. The van der Waals surface area contributed by atoms with Crippen molar-refractivity contribution in [1.82, 2.24) is 4.90 Å². The fourth-order valence-corrected chi connectivity index (χ4v) is 2.97. The standard InChI is InChI=1S/C14H19BrN2O2/c1-10-8-11(15)4-5-12(10)17-7-3-6-16(2)13(9-18)14(17)19/h4-5,8,13,18H,3,6-7,9H2,1-2H3. The minimum absolute atomic E-state index is 0.0204. The number of carbonyl (C=O) groups excluding carboxylic acids is 1. The van der Waals surface area contributed by atoms with Crippen LogP contribution in [0, 0.1) is 6.92 Å². The summed E-state index contributed by atoms with van der Waals surface area (Å²) in [5.41, 5.74) is 1.99. The molecule has 104 valence electrons. The van der Waals surface area contributed by atoms with E-state index in [1.165, 1.54) is 0 Å². The Bertz CT molecular complexity index is 479. The van der Waals surface area contributed by atoms with E-state index in [1.807, 2.05) is 37.1 Å². The summed E-state index contributed by atoms with van der Waals surface area (Å²) < 4.78 is 1.01. The molecule has 1 fully saturated rings. The number of aliphatic hydroxyl groups is 1. The number of halogens is 1. The first-order chi connectivity index (χ1) is 9.04. The molecule has 1 amide bonds. The number of anilines is 1. The maximum absolute atomic E-state index is 12.5. The van der Waals surface area contributed by atoms with Crippen LogP contribution in [-0.4, -0.2) is 48.7 Å². The largest absolute Gasteiger partial charge is 0.394 e. The van der Waals surface area contributed by atoms with Crippen molar-refractivity contribution >= 4 is 27.5 Å². The highest BCUT2D eigenvalue weighted by molar-refractivity contribution is 9.10. The molecule has 0 aliphatic carbocycles. The summed E-state index contributed by atoms with van der Waals surface area (Å²) in [6, 6.07) is 5.46. The van der Waals surface area contributed by atoms with Gasteiger partial charge < -0.3 is 10.0 Å². The fraction of sp³-hybridized carbons (Fsp3) is 0.500. The lowest BCUT2D eigenvalue weighted by Gasteiger charge is -2.27. The number of benzene rings is 1. The molecule has 1 aromatic rings. The van der Waals surface area contributed by atoms with E-state index in [0.29, 0.717) is 6.54 Å². The van der Waals surface area contributed by atoms with E-state index in [0.717, 1.165) is 28.7 Å². The summed E-state index contributed by atoms with van der Waals surface area (Å²) in [4.78, 5) is 16.3. The van der Waals surface area contributed by atoms with Gasteiger partial charge in [0, 0.05) is 23.2 Å². The number of hydrogen-bond acceptors (Lipinski definition) is 3. The molecule has 1 saturated heterocycles. The van der Waals surface area contributed by atoms with Crippen molar-refractivity contribution in [2.24, 2.45) is 0 Å². The van der Waals surface area contributed by atoms with Crippen molar-refractivity contribution in [3.05, 3.63) is 28.2 Å². The van der Waals surface area contributed by atoms with Crippen LogP contribution in [0.3, 0.4) is 0 Å². The zero-order chi connectivity index (χ0) is 14.0. The maximum atomic E-state index is 12.5. The van der Waals surface area contributed by atoms with Crippen LogP contribution in [0.25, 0.3) is 0 Å². The number of carbonyl (C=O) groups is 1. The first kappa shape index (κ1) is 14.5. The molecule has 1 aliphatic heterocycles. The number of likely N-dealkylation sites (N-methyl/N-ethyl adjacent to an activating group) is 1. The Morgan fingerprint density at radius 3 is 2.79 bits per heavy atom. The third kappa shape index (κ3) is 2.99. The highest BCUT2D eigenvalue weighted by atomic mass is 79.9. The molecule has 1 N–H and O–H groups in total. The summed E-state index contributed by atoms with van der Waals surface area (Å²) in [5, 5.41) is 9.44. The highest BCUT2D eigenvalue weighted by Gasteiger charge is 2.31. The van der Waals surface area contributed by atoms with E-state index < -0.39 is 6.04 Å². The fourth-order valence-electron chi connectivity index (χ4n) is 2.49. The van der Waals surface area contributed by atoms with E-state index in [9.17, 15) is 9.90 Å². The van der Waals surface area contributed by atoms with Crippen LogP contribution < -0.4 is 4.90 Å². The number of aliphatic hydroxyl groups excluding tert-OH is 1. The lowest BCUT2D eigenvalue weighted by Crippen LogP contribution is -2.46. The molecule has 0 spiro atoms. The van der Waals surface area contributed by atoms with Gasteiger partial charge >= 0.3 is 0 Å². The van der Waals surface area contributed by atoms with Crippen molar-refractivity contribution in [3.8, 4) is 0 Å². The minimum Gasteiger partial charge on any atom is -0.394 e. The second-order valence-electron chi connectivity index (χ2n) is 4.95. The SMILES string of the molecule is Cc1cc(Br)ccc1N1CCCN(C)C(CO)C1=O. The molecular weight excluding hydrogens is 308 g/mol. The van der Waals surface area contributed by atoms with Gasteiger partial charge in [0.25, 0.3) is 0 Å². The van der Waals surface area contributed by atoms with Gasteiger partial charge in [-0.3, -0.25) is 9.69 Å². The Balaban J connectivity index is 2.34. The summed E-state index contributed by atoms with van der Waals surface area (Å²) in [6.45, 7) is 3.38. The zero-order valence-electron chi connectivity index (χ0n) is 11.3. The van der Waals surface area contributed by atoms with Gasteiger partial charge in [-0.25, -0.2) is 0 Å². The molecule has 1 heterocycles. The Morgan fingerprint density at radius 2 is 2.16 bits per heavy atom. The molecule has 0 saturated carbocycles. The quantitative estimate of drug-likeness (QED) is 0.901. The molecule has 4 nitrogen and oxygen atoms in total. The van der Waals surface area contributed by atoms with Gasteiger partial charge in [0.05, 0.1) is 6.61 Å². The van der Waals surface area contributed by atoms with Gasteiger partial charge in [0.1, 0.15) is 6.04 Å². The van der Waals surface area contributed by atoms with Crippen LogP contribution in [0.4, 0.5) is 5.69 Å². The third-order valence-corrected chi connectivity index (χ3v) is 4.09. The Morgan fingerprint density at radius 1 is 1.42 bits per heavy atom. The predicted molar refractivity (Wildman–Crippen MR) is 79.4 cm³/mol. The first-order valence-electron chi connectivity index (χ1n) is 6.43. The van der Waals surface area contributed by atoms with Crippen LogP contribution in [-0.2, 0) is 4.79 Å². The van der Waals surface area contributed by atoms with Gasteiger partial charge in [-0.05, 0) is 44.2 Å². The van der Waals surface area contributed by atoms with Gasteiger partial charge in [-0.2, -0.15) is 0 Å². The van der Waals surface area contributed by atoms with Crippen LogP contribution in [0.1, 0.15) is 12.0 Å². The van der Waals surface area contributed by atoms with Crippen LogP contribution in [0.2, 0.25) is 0 Å². The topological polar surface area (TPSA) is 43.8 Å². The van der Waals surface area contributed by atoms with Crippen molar-refractivity contribution in [2.75, 3.05) is 31.6 Å². The number of amides is 1. The number of hydrogen-bond donors (Lipinski definition) is 1. The molecule has 1 unspecified atom stereocenters. The average molecular weight is 327 g/mol. The molecule has 1 atom stereocenters. The van der Waals surface area contributed by atoms with Crippen molar-refractivity contribution in [3.63, 3.8) is 0 Å². The summed E-state index contributed by atoms with van der Waals surface area (Å²) >= 11 is 3.43. The number of rotatable bonds is 2. The lowest BCUT2D eigenvalue weighted by atomic mass is 10.1. The Hall–Kier alpha value is -0.910. The molecule has 1 aromatic carbocycles. The van der Waals surface area contributed by atoms with Crippen LogP contribution in [0.15, 0.2) is 22.7 Å². The van der Waals surface area contributed by atoms with Gasteiger partial charge in [-0.1, -0.05) is 15.9 Å².